The van der Waals surface area contributed by atoms with Crippen LogP contribution >= 0.6 is 11.6 Å². The predicted molar refractivity (Wildman–Crippen MR) is 86.4 cm³/mol. The molecule has 1 aliphatic heterocycles. The minimum atomic E-state index is 0.108. The van der Waals surface area contributed by atoms with Crippen molar-refractivity contribution < 1.29 is 9.53 Å². The van der Waals surface area contributed by atoms with Crippen LogP contribution in [0.5, 0.6) is 5.75 Å². The van der Waals surface area contributed by atoms with Crippen molar-refractivity contribution in [3.63, 3.8) is 0 Å². The van der Waals surface area contributed by atoms with Gasteiger partial charge in [0.05, 0.1) is 5.56 Å². The van der Waals surface area contributed by atoms with Crippen molar-refractivity contribution in [3.05, 3.63) is 41.4 Å². The second-order valence-corrected chi connectivity index (χ2v) is 5.75. The van der Waals surface area contributed by atoms with Gasteiger partial charge in [-0.15, -0.1) is 0 Å². The molecule has 21 heavy (non-hydrogen) atoms. The van der Waals surface area contributed by atoms with Gasteiger partial charge in [-0.05, 0) is 44.1 Å². The van der Waals surface area contributed by atoms with E-state index in [1.54, 1.807) is 24.3 Å². The van der Waals surface area contributed by atoms with Crippen LogP contribution in [0.1, 0.15) is 36.0 Å². The van der Waals surface area contributed by atoms with Gasteiger partial charge in [0.2, 0.25) is 0 Å². The third-order valence-electron chi connectivity index (χ3n) is 3.70. The molecule has 0 saturated carbocycles. The predicted octanol–water partition coefficient (Wildman–Crippen LogP) is 3.96. The number of benzene rings is 1. The van der Waals surface area contributed by atoms with Crippen molar-refractivity contribution in [1.82, 2.24) is 4.90 Å². The molecule has 114 valence electrons. The van der Waals surface area contributed by atoms with Crippen LogP contribution in [0.2, 0.25) is 5.02 Å². The van der Waals surface area contributed by atoms with E-state index in [0.29, 0.717) is 29.4 Å². The number of carbonyl (C=O) groups is 1. The average Bonchev–Trinajstić information content (AvgIpc) is 2.51. The van der Waals surface area contributed by atoms with Crippen molar-refractivity contribution in [2.24, 2.45) is 0 Å². The number of rotatable bonds is 7. The monoisotopic (exact) mass is 307 g/mol. The van der Waals surface area contributed by atoms with Gasteiger partial charge in [0, 0.05) is 18.0 Å². The van der Waals surface area contributed by atoms with Crippen LogP contribution < -0.4 is 4.74 Å². The van der Waals surface area contributed by atoms with Crippen molar-refractivity contribution in [2.75, 3.05) is 26.2 Å². The molecular weight excluding hydrogens is 286 g/mol. The Morgan fingerprint density at radius 3 is 2.81 bits per heavy atom. The number of Topliss-reactive ketones (excluding diaryl/α,β-unsaturated/α-hetero) is 1. The number of nitrogens with zero attached hydrogens (tertiary/aromatic N) is 1. The number of halogens is 1. The highest BCUT2D eigenvalue weighted by Gasteiger charge is 2.16. The van der Waals surface area contributed by atoms with E-state index in [9.17, 15) is 4.79 Å². The van der Waals surface area contributed by atoms with E-state index in [1.165, 1.54) is 19.3 Å². The quantitative estimate of drug-likeness (QED) is 0.564. The summed E-state index contributed by atoms with van der Waals surface area (Å²) >= 11 is 5.97. The normalized spacial score (nSPS) is 15.7. The highest BCUT2D eigenvalue weighted by molar-refractivity contribution is 6.30. The molecule has 1 heterocycles. The molecule has 4 heteroatoms. The Labute approximate surface area is 131 Å². The first-order valence-electron chi connectivity index (χ1n) is 7.49. The lowest BCUT2D eigenvalue weighted by molar-refractivity contribution is 0.0955. The molecule has 0 bridgehead atoms. The number of piperidine rings is 1. The summed E-state index contributed by atoms with van der Waals surface area (Å²) in [5, 5.41) is 0.571. The molecule has 0 atom stereocenters. The van der Waals surface area contributed by atoms with Crippen molar-refractivity contribution in [2.45, 2.75) is 25.7 Å². The lowest BCUT2D eigenvalue weighted by Crippen LogP contribution is -2.31. The molecule has 0 unspecified atom stereocenters. The van der Waals surface area contributed by atoms with E-state index < -0.39 is 0 Å². The first-order chi connectivity index (χ1) is 10.2. The lowest BCUT2D eigenvalue weighted by atomic mass is 10.1. The van der Waals surface area contributed by atoms with Gasteiger partial charge in [-0.1, -0.05) is 30.7 Å². The Balaban J connectivity index is 1.98. The van der Waals surface area contributed by atoms with E-state index in [1.807, 2.05) is 0 Å². The van der Waals surface area contributed by atoms with Crippen LogP contribution in [0.15, 0.2) is 30.9 Å². The van der Waals surface area contributed by atoms with Crippen LogP contribution in [-0.2, 0) is 0 Å². The molecule has 1 fully saturated rings. The molecule has 0 spiro atoms. The molecule has 0 radical (unpaired) electrons. The molecular formula is C17H22ClNO2. The fourth-order valence-corrected chi connectivity index (χ4v) is 2.73. The Morgan fingerprint density at radius 2 is 2.10 bits per heavy atom. The van der Waals surface area contributed by atoms with Gasteiger partial charge < -0.3 is 9.64 Å². The number of ketones is 1. The van der Waals surface area contributed by atoms with Crippen LogP contribution in [-0.4, -0.2) is 36.9 Å². The molecule has 0 N–H and O–H groups in total. The largest absolute Gasteiger partial charge is 0.489 e. The zero-order valence-corrected chi connectivity index (χ0v) is 13.1. The summed E-state index contributed by atoms with van der Waals surface area (Å²) < 4.78 is 5.54. The van der Waals surface area contributed by atoms with Gasteiger partial charge in [0.25, 0.3) is 0 Å². The van der Waals surface area contributed by atoms with Crippen LogP contribution in [0.25, 0.3) is 0 Å². The summed E-state index contributed by atoms with van der Waals surface area (Å²) in [6, 6.07) is 5.18. The number of carbonyl (C=O) groups excluding carboxylic acids is 1. The number of likely N-dealkylation sites (tertiary alicyclic amines) is 1. The molecule has 1 aliphatic rings. The summed E-state index contributed by atoms with van der Waals surface area (Å²) in [5.74, 6) is 0.655. The SMILES string of the molecule is C=CCOc1cc(Cl)ccc1C(=O)CCN1CCCCC1. The smallest absolute Gasteiger partial charge is 0.167 e. The summed E-state index contributed by atoms with van der Waals surface area (Å²) in [5.41, 5.74) is 0.609. The van der Waals surface area contributed by atoms with Gasteiger partial charge in [0.15, 0.2) is 5.78 Å². The van der Waals surface area contributed by atoms with Crippen molar-refractivity contribution >= 4 is 17.4 Å². The minimum Gasteiger partial charge on any atom is -0.489 e. The third kappa shape index (κ3) is 4.87. The second kappa shape index (κ2) is 8.20. The van der Waals surface area contributed by atoms with Gasteiger partial charge in [-0.2, -0.15) is 0 Å². The topological polar surface area (TPSA) is 29.5 Å². The summed E-state index contributed by atoms with van der Waals surface area (Å²) in [7, 11) is 0. The summed E-state index contributed by atoms with van der Waals surface area (Å²) in [6.07, 6.45) is 5.96. The van der Waals surface area contributed by atoms with Crippen molar-refractivity contribution in [1.29, 1.82) is 0 Å². The Morgan fingerprint density at radius 1 is 1.33 bits per heavy atom. The molecule has 1 aromatic carbocycles. The zero-order chi connectivity index (χ0) is 15.1. The molecule has 0 amide bonds. The Bertz CT molecular complexity index is 496. The van der Waals surface area contributed by atoms with E-state index in [0.717, 1.165) is 19.6 Å². The molecule has 1 saturated heterocycles. The van der Waals surface area contributed by atoms with E-state index in [-0.39, 0.29) is 5.78 Å². The zero-order valence-electron chi connectivity index (χ0n) is 12.3. The first kappa shape index (κ1) is 16.1. The van der Waals surface area contributed by atoms with Gasteiger partial charge in [-0.3, -0.25) is 4.79 Å². The van der Waals surface area contributed by atoms with Gasteiger partial charge in [-0.25, -0.2) is 0 Å². The van der Waals surface area contributed by atoms with E-state index in [4.69, 9.17) is 16.3 Å². The molecule has 0 aliphatic carbocycles. The maximum Gasteiger partial charge on any atom is 0.167 e. The first-order valence-corrected chi connectivity index (χ1v) is 7.87. The highest BCUT2D eigenvalue weighted by atomic mass is 35.5. The molecule has 0 aromatic heterocycles. The summed E-state index contributed by atoms with van der Waals surface area (Å²) in [4.78, 5) is 14.8. The van der Waals surface area contributed by atoms with Crippen LogP contribution in [0.3, 0.4) is 0 Å². The average molecular weight is 308 g/mol. The van der Waals surface area contributed by atoms with Crippen LogP contribution in [0.4, 0.5) is 0 Å². The standard InChI is InChI=1S/C17H22ClNO2/c1-2-12-21-17-13-14(18)6-7-15(17)16(20)8-11-19-9-4-3-5-10-19/h2,6-7,13H,1,3-5,8-12H2. The second-order valence-electron chi connectivity index (χ2n) is 5.32. The van der Waals surface area contributed by atoms with E-state index in [2.05, 4.69) is 11.5 Å². The number of hydrogen-bond donors (Lipinski definition) is 0. The fraction of sp³-hybridized carbons (Fsp3) is 0.471. The number of ether oxygens (including phenoxy) is 1. The maximum atomic E-state index is 12.4. The lowest BCUT2D eigenvalue weighted by Gasteiger charge is -2.26. The number of hydrogen-bond acceptors (Lipinski definition) is 3. The molecule has 1 aromatic rings. The van der Waals surface area contributed by atoms with Crippen LogP contribution in [0, 0.1) is 0 Å². The minimum absolute atomic E-state index is 0.108. The third-order valence-corrected chi connectivity index (χ3v) is 3.94. The summed E-state index contributed by atoms with van der Waals surface area (Å²) in [6.45, 7) is 7.02. The maximum absolute atomic E-state index is 12.4. The molecule has 2 rings (SSSR count). The molecule has 3 nitrogen and oxygen atoms in total. The van der Waals surface area contributed by atoms with Gasteiger partial charge in [0.1, 0.15) is 12.4 Å². The van der Waals surface area contributed by atoms with Gasteiger partial charge >= 0.3 is 0 Å². The highest BCUT2D eigenvalue weighted by Crippen LogP contribution is 2.25. The fourth-order valence-electron chi connectivity index (χ4n) is 2.57. The van der Waals surface area contributed by atoms with E-state index >= 15 is 0 Å². The Hall–Kier alpha value is -1.32. The van der Waals surface area contributed by atoms with Crippen molar-refractivity contribution in [3.8, 4) is 5.75 Å². The Kier molecular flexibility index (Phi) is 6.27.